The van der Waals surface area contributed by atoms with Crippen LogP contribution < -0.4 is 0 Å². The maximum absolute atomic E-state index is 13.0. The van der Waals surface area contributed by atoms with E-state index in [0.717, 1.165) is 31.7 Å². The molecule has 1 aromatic rings. The average Bonchev–Trinajstić information content (AvgIpc) is 2.28. The van der Waals surface area contributed by atoms with Crippen molar-refractivity contribution in [1.82, 2.24) is 0 Å². The fourth-order valence-corrected chi connectivity index (χ4v) is 2.27. The van der Waals surface area contributed by atoms with E-state index in [1.165, 1.54) is 12.1 Å². The van der Waals surface area contributed by atoms with E-state index in [1.54, 1.807) is 0 Å². The van der Waals surface area contributed by atoms with Crippen molar-refractivity contribution in [3.8, 4) is 0 Å². The molecule has 18 heavy (non-hydrogen) atoms. The number of hydrogen-bond acceptors (Lipinski definition) is 1. The van der Waals surface area contributed by atoms with Crippen LogP contribution in [0.25, 0.3) is 0 Å². The lowest BCUT2D eigenvalue weighted by molar-refractivity contribution is 0.0986. The number of benzene rings is 1. The summed E-state index contributed by atoms with van der Waals surface area (Å²) >= 11 is 0. The van der Waals surface area contributed by atoms with Gasteiger partial charge in [-0.2, -0.15) is 0 Å². The van der Waals surface area contributed by atoms with Crippen molar-refractivity contribution in [2.24, 2.45) is 5.92 Å². The van der Waals surface area contributed by atoms with Gasteiger partial charge >= 0.3 is 0 Å². The maximum atomic E-state index is 13.0. The maximum Gasteiger partial charge on any atom is 0.126 e. The Morgan fingerprint density at radius 3 is 2.22 bits per heavy atom. The summed E-state index contributed by atoms with van der Waals surface area (Å²) in [6, 6.07) is 3.43. The molecule has 0 fully saturated rings. The second-order valence-electron chi connectivity index (χ2n) is 4.86. The molecule has 0 radical (unpaired) electrons. The first-order valence-corrected chi connectivity index (χ1v) is 6.69. The Hall–Kier alpha value is -0.960. The summed E-state index contributed by atoms with van der Waals surface area (Å²) in [6.45, 7) is 4.15. The van der Waals surface area contributed by atoms with Crippen LogP contribution in [0.2, 0.25) is 0 Å². The highest BCUT2D eigenvalue weighted by atomic mass is 19.1. The topological polar surface area (TPSA) is 20.2 Å². The van der Waals surface area contributed by atoms with Gasteiger partial charge in [0, 0.05) is 6.07 Å². The smallest absolute Gasteiger partial charge is 0.126 e. The van der Waals surface area contributed by atoms with Gasteiger partial charge in [-0.15, -0.1) is 0 Å². The molecule has 0 spiro atoms. The number of aliphatic hydroxyl groups is 1. The van der Waals surface area contributed by atoms with Crippen LogP contribution in [0.3, 0.4) is 0 Å². The molecule has 2 unspecified atom stereocenters. The molecule has 0 aromatic heterocycles. The fraction of sp³-hybridized carbons (Fsp3) is 0.600. The Bertz CT molecular complexity index is 345. The zero-order valence-electron chi connectivity index (χ0n) is 11.1. The van der Waals surface area contributed by atoms with Crippen LogP contribution in [0.4, 0.5) is 8.78 Å². The van der Waals surface area contributed by atoms with Crippen molar-refractivity contribution in [2.75, 3.05) is 0 Å². The molecule has 0 heterocycles. The van der Waals surface area contributed by atoms with Crippen LogP contribution in [-0.4, -0.2) is 11.2 Å². The Labute approximate surface area is 108 Å². The van der Waals surface area contributed by atoms with Crippen LogP contribution in [0, 0.1) is 17.6 Å². The number of halogens is 2. The van der Waals surface area contributed by atoms with E-state index in [0.29, 0.717) is 12.0 Å². The first kappa shape index (κ1) is 15.1. The lowest BCUT2D eigenvalue weighted by atomic mass is 9.89. The SMILES string of the molecule is CCCCC(CC)C(O)Cc1cc(F)cc(F)c1. The zero-order valence-corrected chi connectivity index (χ0v) is 11.1. The molecule has 0 saturated heterocycles. The Kier molecular flexibility index (Phi) is 6.27. The highest BCUT2D eigenvalue weighted by molar-refractivity contribution is 5.18. The third-order valence-corrected chi connectivity index (χ3v) is 3.36. The number of hydrogen-bond donors (Lipinski definition) is 1. The van der Waals surface area contributed by atoms with Gasteiger partial charge in [0.15, 0.2) is 0 Å². The lowest BCUT2D eigenvalue weighted by Gasteiger charge is -2.21. The van der Waals surface area contributed by atoms with Crippen LogP contribution in [0.1, 0.15) is 45.1 Å². The van der Waals surface area contributed by atoms with E-state index in [9.17, 15) is 13.9 Å². The number of rotatable bonds is 7. The van der Waals surface area contributed by atoms with E-state index < -0.39 is 17.7 Å². The van der Waals surface area contributed by atoms with Crippen LogP contribution >= 0.6 is 0 Å². The molecule has 0 bridgehead atoms. The van der Waals surface area contributed by atoms with E-state index >= 15 is 0 Å². The largest absolute Gasteiger partial charge is 0.392 e. The number of unbranched alkanes of at least 4 members (excludes halogenated alkanes) is 1. The van der Waals surface area contributed by atoms with Gasteiger partial charge < -0.3 is 5.11 Å². The molecule has 0 aliphatic carbocycles. The van der Waals surface area contributed by atoms with Gasteiger partial charge in [0.05, 0.1) is 6.10 Å². The summed E-state index contributed by atoms with van der Waals surface area (Å²) in [4.78, 5) is 0. The van der Waals surface area contributed by atoms with Gasteiger partial charge in [0.2, 0.25) is 0 Å². The van der Waals surface area contributed by atoms with Crippen molar-refractivity contribution in [1.29, 1.82) is 0 Å². The summed E-state index contributed by atoms with van der Waals surface area (Å²) < 4.78 is 26.1. The quantitative estimate of drug-likeness (QED) is 0.779. The third kappa shape index (κ3) is 4.73. The van der Waals surface area contributed by atoms with Crippen molar-refractivity contribution in [2.45, 2.75) is 52.1 Å². The van der Waals surface area contributed by atoms with Gasteiger partial charge in [-0.3, -0.25) is 0 Å². The fourth-order valence-electron chi connectivity index (χ4n) is 2.27. The molecule has 3 heteroatoms. The molecule has 1 rings (SSSR count). The minimum Gasteiger partial charge on any atom is -0.392 e. The average molecular weight is 256 g/mol. The van der Waals surface area contributed by atoms with Gasteiger partial charge in [-0.1, -0.05) is 33.1 Å². The molecule has 0 saturated carbocycles. The Morgan fingerprint density at radius 2 is 1.72 bits per heavy atom. The summed E-state index contributed by atoms with van der Waals surface area (Å²) in [5.41, 5.74) is 0.523. The Balaban J connectivity index is 2.63. The minimum atomic E-state index is -0.584. The monoisotopic (exact) mass is 256 g/mol. The van der Waals surface area contributed by atoms with Crippen molar-refractivity contribution < 1.29 is 13.9 Å². The summed E-state index contributed by atoms with van der Waals surface area (Å²) in [5, 5.41) is 10.1. The first-order valence-electron chi connectivity index (χ1n) is 6.69. The number of aliphatic hydroxyl groups excluding tert-OH is 1. The molecule has 1 nitrogen and oxygen atoms in total. The Morgan fingerprint density at radius 1 is 1.11 bits per heavy atom. The molecule has 1 aromatic carbocycles. The van der Waals surface area contributed by atoms with Crippen LogP contribution in [-0.2, 0) is 6.42 Å². The van der Waals surface area contributed by atoms with E-state index in [1.807, 2.05) is 6.92 Å². The van der Waals surface area contributed by atoms with Gasteiger partial charge in [0.25, 0.3) is 0 Å². The predicted octanol–water partition coefficient (Wildman–Crippen LogP) is 4.08. The molecule has 2 atom stereocenters. The summed E-state index contributed by atoms with van der Waals surface area (Å²) in [5.74, 6) is -0.964. The molecular formula is C15H22F2O. The van der Waals surface area contributed by atoms with E-state index in [4.69, 9.17) is 0 Å². The molecule has 102 valence electrons. The molecule has 0 aliphatic rings. The molecular weight excluding hydrogens is 234 g/mol. The van der Waals surface area contributed by atoms with Crippen LogP contribution in [0.5, 0.6) is 0 Å². The minimum absolute atomic E-state index is 0.205. The van der Waals surface area contributed by atoms with Gasteiger partial charge in [0.1, 0.15) is 11.6 Å². The van der Waals surface area contributed by atoms with E-state index in [2.05, 4.69) is 6.92 Å². The standard InChI is InChI=1S/C15H22F2O/c1-3-5-6-12(4-2)15(18)9-11-7-13(16)10-14(17)8-11/h7-8,10,12,15,18H,3-6,9H2,1-2H3. The highest BCUT2D eigenvalue weighted by Gasteiger charge is 2.17. The second-order valence-corrected chi connectivity index (χ2v) is 4.86. The second kappa shape index (κ2) is 7.47. The molecule has 0 amide bonds. The van der Waals surface area contributed by atoms with E-state index in [-0.39, 0.29) is 5.92 Å². The predicted molar refractivity (Wildman–Crippen MR) is 69.4 cm³/mol. The zero-order chi connectivity index (χ0) is 13.5. The highest BCUT2D eigenvalue weighted by Crippen LogP contribution is 2.21. The molecule has 1 N–H and O–H groups in total. The van der Waals surface area contributed by atoms with Crippen molar-refractivity contribution in [3.05, 3.63) is 35.4 Å². The normalized spacial score (nSPS) is 14.5. The van der Waals surface area contributed by atoms with Gasteiger partial charge in [-0.25, -0.2) is 8.78 Å². The third-order valence-electron chi connectivity index (χ3n) is 3.36. The molecule has 0 aliphatic heterocycles. The first-order chi connectivity index (χ1) is 8.56. The lowest BCUT2D eigenvalue weighted by Crippen LogP contribution is -2.22. The summed E-state index contributed by atoms with van der Waals surface area (Å²) in [7, 11) is 0. The van der Waals surface area contributed by atoms with Gasteiger partial charge in [-0.05, 0) is 36.5 Å². The van der Waals surface area contributed by atoms with Crippen LogP contribution in [0.15, 0.2) is 18.2 Å². The van der Waals surface area contributed by atoms with Crippen molar-refractivity contribution in [3.63, 3.8) is 0 Å². The van der Waals surface area contributed by atoms with Crippen molar-refractivity contribution >= 4 is 0 Å². The summed E-state index contributed by atoms with van der Waals surface area (Å²) in [6.07, 6.45) is 3.81.